The van der Waals surface area contributed by atoms with Crippen LogP contribution in [0, 0.1) is 0 Å². The van der Waals surface area contributed by atoms with Crippen LogP contribution in [0.5, 0.6) is 0 Å². The zero-order valence-corrected chi connectivity index (χ0v) is 11.3. The van der Waals surface area contributed by atoms with E-state index in [9.17, 15) is 0 Å². The third-order valence-corrected chi connectivity index (χ3v) is 3.10. The van der Waals surface area contributed by atoms with Crippen molar-refractivity contribution in [2.45, 2.75) is 52.6 Å². The van der Waals surface area contributed by atoms with Gasteiger partial charge in [0.05, 0.1) is 5.69 Å². The lowest BCUT2D eigenvalue weighted by molar-refractivity contribution is 0.140. The Labute approximate surface area is 105 Å². The number of rotatable bonds is 6. The molecule has 3 heteroatoms. The fourth-order valence-corrected chi connectivity index (χ4v) is 1.58. The molecule has 17 heavy (non-hydrogen) atoms. The van der Waals surface area contributed by atoms with E-state index in [1.165, 1.54) is 0 Å². The van der Waals surface area contributed by atoms with E-state index < -0.39 is 0 Å². The van der Waals surface area contributed by atoms with Crippen molar-refractivity contribution in [2.75, 3.05) is 0 Å². The first kappa shape index (κ1) is 13.7. The van der Waals surface area contributed by atoms with Crippen LogP contribution in [0.15, 0.2) is 40.7 Å². The number of hydrogen-bond donors (Lipinski definition) is 0. The van der Waals surface area contributed by atoms with Crippen molar-refractivity contribution in [3.8, 4) is 0 Å². The van der Waals surface area contributed by atoms with Crippen LogP contribution >= 0.6 is 0 Å². The van der Waals surface area contributed by atoms with Crippen LogP contribution in [0.2, 0.25) is 0 Å². The molecule has 3 nitrogen and oxygen atoms in total. The fraction of sp³-hybridized carbons (Fsp3) is 0.571. The van der Waals surface area contributed by atoms with E-state index in [0.29, 0.717) is 12.1 Å². The normalized spacial score (nSPS) is 14.8. The van der Waals surface area contributed by atoms with E-state index in [4.69, 9.17) is 0 Å². The van der Waals surface area contributed by atoms with Gasteiger partial charge in [-0.3, -0.25) is 5.01 Å². The zero-order valence-electron chi connectivity index (χ0n) is 11.3. The Kier molecular flexibility index (Phi) is 5.67. The van der Waals surface area contributed by atoms with E-state index in [1.807, 2.05) is 30.3 Å². The van der Waals surface area contributed by atoms with E-state index in [1.54, 1.807) is 0 Å². The summed E-state index contributed by atoms with van der Waals surface area (Å²) >= 11 is 0. The Balaban J connectivity index is 2.75. The molecule has 1 aromatic rings. The third-order valence-electron chi connectivity index (χ3n) is 3.10. The molecule has 1 rings (SSSR count). The van der Waals surface area contributed by atoms with Crippen molar-refractivity contribution in [2.24, 2.45) is 10.3 Å². The van der Waals surface area contributed by atoms with Crippen LogP contribution in [0.3, 0.4) is 0 Å². The van der Waals surface area contributed by atoms with Gasteiger partial charge in [0.25, 0.3) is 0 Å². The molecule has 0 radical (unpaired) electrons. The van der Waals surface area contributed by atoms with Crippen molar-refractivity contribution >= 4 is 5.69 Å². The minimum absolute atomic E-state index is 0.428. The Morgan fingerprint density at radius 3 is 2.00 bits per heavy atom. The smallest absolute Gasteiger partial charge is 0.0874 e. The van der Waals surface area contributed by atoms with E-state index >= 15 is 0 Å². The van der Waals surface area contributed by atoms with Gasteiger partial charge in [-0.15, -0.1) is 5.11 Å². The largest absolute Gasteiger partial charge is 0.273 e. The molecule has 0 aliphatic carbocycles. The first-order valence-corrected chi connectivity index (χ1v) is 6.44. The average Bonchev–Trinajstić information content (AvgIpc) is 2.39. The monoisotopic (exact) mass is 233 g/mol. The van der Waals surface area contributed by atoms with Gasteiger partial charge in [-0.05, 0) is 38.8 Å². The van der Waals surface area contributed by atoms with Crippen LogP contribution in [-0.4, -0.2) is 17.1 Å². The molecule has 0 bridgehead atoms. The summed E-state index contributed by atoms with van der Waals surface area (Å²) in [6, 6.07) is 10.7. The van der Waals surface area contributed by atoms with Gasteiger partial charge >= 0.3 is 0 Å². The molecule has 1 aromatic carbocycles. The first-order chi connectivity index (χ1) is 8.19. The lowest BCUT2D eigenvalue weighted by Crippen LogP contribution is -2.34. The van der Waals surface area contributed by atoms with Gasteiger partial charge in [0.2, 0.25) is 0 Å². The molecular weight excluding hydrogens is 210 g/mol. The number of hydrogen-bond acceptors (Lipinski definition) is 2. The molecule has 0 heterocycles. The molecule has 0 N–H and O–H groups in total. The molecule has 0 aliphatic heterocycles. The predicted molar refractivity (Wildman–Crippen MR) is 72.3 cm³/mol. The maximum atomic E-state index is 4.39. The van der Waals surface area contributed by atoms with E-state index in [-0.39, 0.29) is 0 Å². The van der Waals surface area contributed by atoms with Crippen LogP contribution < -0.4 is 0 Å². The van der Waals surface area contributed by atoms with Gasteiger partial charge in [-0.25, -0.2) is 0 Å². The highest BCUT2D eigenvalue weighted by Crippen LogP contribution is 2.16. The molecule has 0 amide bonds. The minimum Gasteiger partial charge on any atom is -0.273 e. The predicted octanol–water partition coefficient (Wildman–Crippen LogP) is 4.58. The highest BCUT2D eigenvalue weighted by molar-refractivity contribution is 5.34. The topological polar surface area (TPSA) is 28.0 Å². The summed E-state index contributed by atoms with van der Waals surface area (Å²) < 4.78 is 0. The van der Waals surface area contributed by atoms with Gasteiger partial charge in [0.1, 0.15) is 0 Å². The Hall–Kier alpha value is -1.38. The van der Waals surface area contributed by atoms with Crippen molar-refractivity contribution in [3.63, 3.8) is 0 Å². The van der Waals surface area contributed by atoms with Crippen LogP contribution in [0.4, 0.5) is 5.69 Å². The Morgan fingerprint density at radius 2 is 1.53 bits per heavy atom. The summed E-state index contributed by atoms with van der Waals surface area (Å²) in [5.41, 5.74) is 0.907. The second kappa shape index (κ2) is 7.05. The van der Waals surface area contributed by atoms with Gasteiger partial charge in [-0.2, -0.15) is 0 Å². The lowest BCUT2D eigenvalue weighted by Gasteiger charge is -2.29. The van der Waals surface area contributed by atoms with Crippen molar-refractivity contribution in [1.29, 1.82) is 0 Å². The Bertz CT molecular complexity index is 325. The molecule has 0 aliphatic rings. The molecule has 2 atom stereocenters. The molecule has 2 unspecified atom stereocenters. The molecular formula is C14H23N3. The van der Waals surface area contributed by atoms with Gasteiger partial charge in [0, 0.05) is 12.1 Å². The van der Waals surface area contributed by atoms with Crippen LogP contribution in [-0.2, 0) is 0 Å². The van der Waals surface area contributed by atoms with Gasteiger partial charge in [0.15, 0.2) is 0 Å². The highest BCUT2D eigenvalue weighted by Gasteiger charge is 2.15. The molecule has 0 fully saturated rings. The van der Waals surface area contributed by atoms with Crippen LogP contribution in [0.1, 0.15) is 40.5 Å². The van der Waals surface area contributed by atoms with E-state index in [2.05, 4.69) is 43.0 Å². The summed E-state index contributed by atoms with van der Waals surface area (Å²) in [4.78, 5) is 0. The quantitative estimate of drug-likeness (QED) is 0.522. The van der Waals surface area contributed by atoms with E-state index in [0.717, 1.165) is 18.5 Å². The van der Waals surface area contributed by atoms with Crippen molar-refractivity contribution in [3.05, 3.63) is 30.3 Å². The molecule has 0 saturated heterocycles. The lowest BCUT2D eigenvalue weighted by atomic mass is 10.2. The van der Waals surface area contributed by atoms with Crippen molar-refractivity contribution < 1.29 is 0 Å². The second-order valence-electron chi connectivity index (χ2n) is 4.42. The molecule has 0 aromatic heterocycles. The zero-order chi connectivity index (χ0) is 12.7. The summed E-state index contributed by atoms with van der Waals surface area (Å²) in [6.45, 7) is 8.74. The number of nitrogens with zero attached hydrogens (tertiary/aromatic N) is 3. The average molecular weight is 233 g/mol. The van der Waals surface area contributed by atoms with Gasteiger partial charge < -0.3 is 0 Å². The first-order valence-electron chi connectivity index (χ1n) is 6.44. The molecule has 0 saturated carbocycles. The maximum absolute atomic E-state index is 4.39. The summed E-state index contributed by atoms with van der Waals surface area (Å²) in [5, 5.41) is 10.8. The van der Waals surface area contributed by atoms with Crippen molar-refractivity contribution in [1.82, 2.24) is 5.01 Å². The summed E-state index contributed by atoms with van der Waals surface area (Å²) in [6.07, 6.45) is 2.16. The summed E-state index contributed by atoms with van der Waals surface area (Å²) in [5.74, 6) is 0. The molecule has 0 spiro atoms. The van der Waals surface area contributed by atoms with Crippen LogP contribution in [0.25, 0.3) is 0 Å². The minimum atomic E-state index is 0.428. The fourth-order valence-electron chi connectivity index (χ4n) is 1.58. The maximum Gasteiger partial charge on any atom is 0.0874 e. The number of benzene rings is 1. The summed E-state index contributed by atoms with van der Waals surface area (Å²) in [7, 11) is 0. The van der Waals surface area contributed by atoms with Gasteiger partial charge in [-0.1, -0.05) is 37.3 Å². The SMILES string of the molecule is CCC(C)N(N=Nc1ccccc1)C(C)CC. The second-order valence-corrected chi connectivity index (χ2v) is 4.42. The highest BCUT2D eigenvalue weighted by atomic mass is 15.6. The Morgan fingerprint density at radius 1 is 1.00 bits per heavy atom. The molecule has 94 valence electrons. The third kappa shape index (κ3) is 4.17. The standard InChI is InChI=1S/C14H23N3/c1-5-12(3)17(13(4)6-2)16-15-14-10-8-7-9-11-14/h7-13H,5-6H2,1-4H3.